The van der Waals surface area contributed by atoms with E-state index in [-0.39, 0.29) is 18.4 Å². The predicted octanol–water partition coefficient (Wildman–Crippen LogP) is 2.92. The van der Waals surface area contributed by atoms with Crippen molar-refractivity contribution in [2.45, 2.75) is 32.2 Å². The van der Waals surface area contributed by atoms with Crippen LogP contribution in [0.1, 0.15) is 36.4 Å². The van der Waals surface area contributed by atoms with Crippen LogP contribution >= 0.6 is 12.4 Å². The lowest BCUT2D eigenvalue weighted by molar-refractivity contribution is 0.455. The van der Waals surface area contributed by atoms with Crippen LogP contribution in [-0.4, -0.2) is 5.11 Å². The van der Waals surface area contributed by atoms with E-state index in [1.165, 1.54) is 12.8 Å². The molecule has 1 fully saturated rings. The van der Waals surface area contributed by atoms with Crippen LogP contribution in [0, 0.1) is 12.8 Å². The van der Waals surface area contributed by atoms with E-state index < -0.39 is 0 Å². The highest BCUT2D eigenvalue weighted by atomic mass is 35.5. The SMILES string of the molecule is Cc1ccc([C@H](N)CC2CC2)c(O)c1.Cl. The van der Waals surface area contributed by atoms with Crippen LogP contribution in [-0.2, 0) is 0 Å². The van der Waals surface area contributed by atoms with Crippen molar-refractivity contribution in [2.24, 2.45) is 11.7 Å². The van der Waals surface area contributed by atoms with Crippen LogP contribution in [0.25, 0.3) is 0 Å². The Kier molecular flexibility index (Phi) is 4.00. The van der Waals surface area contributed by atoms with Crippen molar-refractivity contribution < 1.29 is 5.11 Å². The lowest BCUT2D eigenvalue weighted by Crippen LogP contribution is -2.11. The molecule has 0 saturated heterocycles. The molecule has 1 aliphatic rings. The third-order valence-corrected chi connectivity index (χ3v) is 2.87. The Morgan fingerprint density at radius 2 is 2.13 bits per heavy atom. The van der Waals surface area contributed by atoms with E-state index in [9.17, 15) is 5.11 Å². The second-order valence-corrected chi connectivity index (χ2v) is 4.35. The van der Waals surface area contributed by atoms with Gasteiger partial charge in [0.25, 0.3) is 0 Å². The van der Waals surface area contributed by atoms with Gasteiger partial charge in [-0.3, -0.25) is 0 Å². The maximum absolute atomic E-state index is 9.72. The lowest BCUT2D eigenvalue weighted by Gasteiger charge is -2.13. The van der Waals surface area contributed by atoms with Crippen molar-refractivity contribution in [1.82, 2.24) is 0 Å². The number of aryl methyl sites for hydroxylation is 1. The average Bonchev–Trinajstić information content (AvgIpc) is 2.87. The lowest BCUT2D eigenvalue weighted by atomic mass is 10.00. The molecule has 0 heterocycles. The third kappa shape index (κ3) is 3.11. The van der Waals surface area contributed by atoms with E-state index in [0.717, 1.165) is 23.5 Å². The smallest absolute Gasteiger partial charge is 0.120 e. The summed E-state index contributed by atoms with van der Waals surface area (Å²) in [6.07, 6.45) is 3.62. The van der Waals surface area contributed by atoms with Crippen LogP contribution in [0.4, 0.5) is 0 Å². The zero-order valence-electron chi connectivity index (χ0n) is 8.94. The van der Waals surface area contributed by atoms with E-state index >= 15 is 0 Å². The predicted molar refractivity (Wildman–Crippen MR) is 64.4 cm³/mol. The van der Waals surface area contributed by atoms with Crippen molar-refractivity contribution in [3.05, 3.63) is 29.3 Å². The zero-order valence-corrected chi connectivity index (χ0v) is 9.76. The molecule has 1 aromatic rings. The first-order valence-corrected chi connectivity index (χ1v) is 5.22. The third-order valence-electron chi connectivity index (χ3n) is 2.87. The number of hydrogen-bond acceptors (Lipinski definition) is 2. The molecule has 0 radical (unpaired) electrons. The highest BCUT2D eigenvalue weighted by Gasteiger charge is 2.25. The normalized spacial score (nSPS) is 16.9. The number of halogens is 1. The molecule has 0 unspecified atom stereocenters. The Labute approximate surface area is 96.9 Å². The van der Waals surface area contributed by atoms with Crippen molar-refractivity contribution in [3.8, 4) is 5.75 Å². The van der Waals surface area contributed by atoms with Crippen molar-refractivity contribution >= 4 is 12.4 Å². The van der Waals surface area contributed by atoms with Gasteiger partial charge in [0.1, 0.15) is 5.75 Å². The fraction of sp³-hybridized carbons (Fsp3) is 0.500. The van der Waals surface area contributed by atoms with Gasteiger partial charge in [-0.15, -0.1) is 12.4 Å². The molecule has 0 amide bonds. The van der Waals surface area contributed by atoms with Crippen LogP contribution in [0.3, 0.4) is 0 Å². The van der Waals surface area contributed by atoms with Crippen LogP contribution in [0.2, 0.25) is 0 Å². The standard InChI is InChI=1S/C12H17NO.ClH/c1-8-2-5-10(12(14)6-8)11(13)7-9-3-4-9;/h2,5-6,9,11,14H,3-4,7,13H2,1H3;1H/t11-;/m1./s1. The molecule has 0 spiro atoms. The molecule has 1 aromatic carbocycles. The van der Waals surface area contributed by atoms with E-state index in [1.54, 1.807) is 6.07 Å². The summed E-state index contributed by atoms with van der Waals surface area (Å²) in [5.74, 6) is 1.14. The van der Waals surface area contributed by atoms with Gasteiger partial charge in [0.15, 0.2) is 0 Å². The Bertz CT molecular complexity index is 336. The van der Waals surface area contributed by atoms with E-state index in [2.05, 4.69) is 0 Å². The van der Waals surface area contributed by atoms with Crippen molar-refractivity contribution in [3.63, 3.8) is 0 Å². The van der Waals surface area contributed by atoms with Crippen molar-refractivity contribution in [1.29, 1.82) is 0 Å². The summed E-state index contributed by atoms with van der Waals surface area (Å²) < 4.78 is 0. The molecule has 3 heteroatoms. The molecule has 3 N–H and O–H groups in total. The summed E-state index contributed by atoms with van der Waals surface area (Å²) in [5, 5.41) is 9.72. The van der Waals surface area contributed by atoms with Gasteiger partial charge in [0, 0.05) is 11.6 Å². The number of phenols is 1. The minimum atomic E-state index is 0. The first-order valence-electron chi connectivity index (χ1n) is 5.22. The molecule has 1 saturated carbocycles. The Morgan fingerprint density at radius 3 is 2.67 bits per heavy atom. The molecule has 2 nitrogen and oxygen atoms in total. The molecule has 1 aliphatic carbocycles. The number of phenolic OH excluding ortho intramolecular Hbond substituents is 1. The maximum Gasteiger partial charge on any atom is 0.120 e. The number of nitrogens with two attached hydrogens (primary N) is 1. The van der Waals surface area contributed by atoms with Gasteiger partial charge in [-0.25, -0.2) is 0 Å². The summed E-state index contributed by atoms with van der Waals surface area (Å²) in [6.45, 7) is 1.97. The Balaban J connectivity index is 0.00000112. The van der Waals surface area contributed by atoms with Crippen LogP contribution < -0.4 is 5.73 Å². The second kappa shape index (κ2) is 4.86. The first-order chi connectivity index (χ1) is 6.66. The molecule has 2 rings (SSSR count). The minimum absolute atomic E-state index is 0. The van der Waals surface area contributed by atoms with Gasteiger partial charge < -0.3 is 10.8 Å². The quantitative estimate of drug-likeness (QED) is 0.834. The van der Waals surface area contributed by atoms with E-state index in [1.807, 2.05) is 19.1 Å². The summed E-state index contributed by atoms with van der Waals surface area (Å²) in [7, 11) is 0. The molecule has 0 aromatic heterocycles. The molecular weight excluding hydrogens is 210 g/mol. The zero-order chi connectivity index (χ0) is 10.1. The highest BCUT2D eigenvalue weighted by Crippen LogP contribution is 2.38. The van der Waals surface area contributed by atoms with Crippen LogP contribution in [0.5, 0.6) is 5.75 Å². The Morgan fingerprint density at radius 1 is 1.47 bits per heavy atom. The average molecular weight is 228 g/mol. The largest absolute Gasteiger partial charge is 0.508 e. The maximum atomic E-state index is 9.72. The van der Waals surface area contributed by atoms with E-state index in [4.69, 9.17) is 5.73 Å². The second-order valence-electron chi connectivity index (χ2n) is 4.35. The van der Waals surface area contributed by atoms with Gasteiger partial charge in [0.05, 0.1) is 0 Å². The van der Waals surface area contributed by atoms with Gasteiger partial charge >= 0.3 is 0 Å². The monoisotopic (exact) mass is 227 g/mol. The molecule has 84 valence electrons. The van der Waals surface area contributed by atoms with Gasteiger partial charge in [0.2, 0.25) is 0 Å². The molecule has 0 aliphatic heterocycles. The van der Waals surface area contributed by atoms with Crippen molar-refractivity contribution in [2.75, 3.05) is 0 Å². The summed E-state index contributed by atoms with van der Waals surface area (Å²) >= 11 is 0. The fourth-order valence-electron chi connectivity index (χ4n) is 1.81. The summed E-state index contributed by atoms with van der Waals surface area (Å²) in [5.41, 5.74) is 7.99. The molecular formula is C12H18ClNO. The number of hydrogen-bond donors (Lipinski definition) is 2. The summed E-state index contributed by atoms with van der Waals surface area (Å²) in [4.78, 5) is 0. The molecule has 1 atom stereocenters. The number of benzene rings is 1. The van der Waals surface area contributed by atoms with Gasteiger partial charge in [-0.1, -0.05) is 25.0 Å². The number of aromatic hydroxyl groups is 1. The fourth-order valence-corrected chi connectivity index (χ4v) is 1.81. The van der Waals surface area contributed by atoms with Gasteiger partial charge in [-0.2, -0.15) is 0 Å². The van der Waals surface area contributed by atoms with E-state index in [0.29, 0.717) is 5.75 Å². The Hall–Kier alpha value is -0.730. The summed E-state index contributed by atoms with van der Waals surface area (Å²) in [6, 6.07) is 5.73. The first kappa shape index (κ1) is 12.3. The van der Waals surface area contributed by atoms with Gasteiger partial charge in [-0.05, 0) is 30.9 Å². The van der Waals surface area contributed by atoms with Crippen LogP contribution in [0.15, 0.2) is 18.2 Å². The highest BCUT2D eigenvalue weighted by molar-refractivity contribution is 5.85. The number of rotatable bonds is 3. The molecule has 0 bridgehead atoms. The molecule has 15 heavy (non-hydrogen) atoms. The minimum Gasteiger partial charge on any atom is -0.508 e. The topological polar surface area (TPSA) is 46.2 Å².